The molecule has 0 bridgehead atoms. The minimum atomic E-state index is 0.0602. The predicted molar refractivity (Wildman–Crippen MR) is 83.1 cm³/mol. The average molecular weight is 275 g/mol. The van der Waals surface area contributed by atoms with E-state index in [9.17, 15) is 4.79 Å². The minimum Gasteiger partial charge on any atom is -0.325 e. The van der Waals surface area contributed by atoms with Crippen LogP contribution in [0.2, 0.25) is 0 Å². The summed E-state index contributed by atoms with van der Waals surface area (Å²) >= 11 is 0. The molecule has 0 aliphatic carbocycles. The zero-order valence-electron chi connectivity index (χ0n) is 12.7. The predicted octanol–water partition coefficient (Wildman–Crippen LogP) is 1.93. The van der Waals surface area contributed by atoms with Gasteiger partial charge in [-0.15, -0.1) is 0 Å². The van der Waals surface area contributed by atoms with Gasteiger partial charge in [-0.1, -0.05) is 17.7 Å². The van der Waals surface area contributed by atoms with E-state index in [-0.39, 0.29) is 5.91 Å². The molecule has 4 heteroatoms. The number of piperidine rings is 1. The second-order valence-electron chi connectivity index (χ2n) is 5.78. The first-order valence-corrected chi connectivity index (χ1v) is 7.34. The maximum Gasteiger partial charge on any atom is 0.238 e. The maximum absolute atomic E-state index is 12.1. The van der Waals surface area contributed by atoms with E-state index < -0.39 is 0 Å². The number of carbonyl (C=O) groups excluding carboxylic acids is 1. The third kappa shape index (κ3) is 4.05. The van der Waals surface area contributed by atoms with Crippen molar-refractivity contribution < 1.29 is 4.79 Å². The second-order valence-corrected chi connectivity index (χ2v) is 5.78. The first kappa shape index (κ1) is 15.0. The Morgan fingerprint density at radius 2 is 2.25 bits per heavy atom. The zero-order chi connectivity index (χ0) is 14.5. The van der Waals surface area contributed by atoms with Crippen LogP contribution in [0.1, 0.15) is 24.0 Å². The highest BCUT2D eigenvalue weighted by atomic mass is 16.2. The molecule has 20 heavy (non-hydrogen) atoms. The number of rotatable bonds is 4. The van der Waals surface area contributed by atoms with Crippen molar-refractivity contribution in [3.05, 3.63) is 29.3 Å². The van der Waals surface area contributed by atoms with E-state index in [1.807, 2.05) is 26.1 Å². The molecule has 1 saturated heterocycles. The molecule has 4 nitrogen and oxygen atoms in total. The molecule has 1 unspecified atom stereocenters. The lowest BCUT2D eigenvalue weighted by Crippen LogP contribution is -2.46. The summed E-state index contributed by atoms with van der Waals surface area (Å²) in [6, 6.07) is 6.56. The van der Waals surface area contributed by atoms with Crippen LogP contribution < -0.4 is 10.6 Å². The van der Waals surface area contributed by atoms with Gasteiger partial charge in [-0.3, -0.25) is 9.69 Å². The van der Waals surface area contributed by atoms with Crippen LogP contribution in [-0.2, 0) is 4.79 Å². The number of hydrogen-bond donors (Lipinski definition) is 2. The van der Waals surface area contributed by atoms with E-state index in [1.165, 1.54) is 18.4 Å². The summed E-state index contributed by atoms with van der Waals surface area (Å²) in [6.07, 6.45) is 2.36. The van der Waals surface area contributed by atoms with Crippen molar-refractivity contribution in [2.45, 2.75) is 32.7 Å². The average Bonchev–Trinajstić information content (AvgIpc) is 2.43. The van der Waals surface area contributed by atoms with E-state index in [2.05, 4.69) is 28.5 Å². The summed E-state index contributed by atoms with van der Waals surface area (Å²) in [6.45, 7) is 6.60. The van der Waals surface area contributed by atoms with Gasteiger partial charge in [-0.2, -0.15) is 0 Å². The van der Waals surface area contributed by atoms with Crippen molar-refractivity contribution >= 4 is 11.6 Å². The number of anilines is 1. The molecule has 1 heterocycles. The number of carbonyl (C=O) groups is 1. The summed E-state index contributed by atoms with van der Waals surface area (Å²) in [5.41, 5.74) is 3.24. The van der Waals surface area contributed by atoms with Crippen LogP contribution in [0.25, 0.3) is 0 Å². The van der Waals surface area contributed by atoms with Crippen molar-refractivity contribution in [3.63, 3.8) is 0 Å². The highest BCUT2D eigenvalue weighted by molar-refractivity contribution is 5.93. The smallest absolute Gasteiger partial charge is 0.238 e. The lowest BCUT2D eigenvalue weighted by atomic mass is 10.1. The van der Waals surface area contributed by atoms with Crippen LogP contribution in [0.15, 0.2) is 18.2 Å². The number of nitrogens with one attached hydrogen (secondary N) is 2. The molecule has 1 fully saturated rings. The molecule has 0 radical (unpaired) electrons. The fourth-order valence-corrected chi connectivity index (χ4v) is 2.71. The quantitative estimate of drug-likeness (QED) is 0.882. The molecular weight excluding hydrogens is 250 g/mol. The summed E-state index contributed by atoms with van der Waals surface area (Å²) in [7, 11) is 2.03. The van der Waals surface area contributed by atoms with Crippen molar-refractivity contribution in [2.24, 2.45) is 0 Å². The normalized spacial score (nSPS) is 19.1. The summed E-state index contributed by atoms with van der Waals surface area (Å²) in [5.74, 6) is 0.0602. The van der Waals surface area contributed by atoms with Crippen LogP contribution in [-0.4, -0.2) is 43.5 Å². The molecular formula is C16H25N3O. The van der Waals surface area contributed by atoms with Crippen LogP contribution in [0.4, 0.5) is 5.69 Å². The molecule has 2 N–H and O–H groups in total. The van der Waals surface area contributed by atoms with Crippen LogP contribution in [0.3, 0.4) is 0 Å². The number of benzene rings is 1. The van der Waals surface area contributed by atoms with Crippen LogP contribution >= 0.6 is 0 Å². The van der Waals surface area contributed by atoms with E-state index in [0.29, 0.717) is 12.6 Å². The molecule has 1 aromatic rings. The Balaban J connectivity index is 1.88. The fourth-order valence-electron chi connectivity index (χ4n) is 2.71. The number of amides is 1. The highest BCUT2D eigenvalue weighted by Crippen LogP contribution is 2.16. The van der Waals surface area contributed by atoms with Crippen LogP contribution in [0, 0.1) is 13.8 Å². The van der Waals surface area contributed by atoms with Crippen LogP contribution in [0.5, 0.6) is 0 Å². The first-order valence-electron chi connectivity index (χ1n) is 7.34. The van der Waals surface area contributed by atoms with E-state index in [1.54, 1.807) is 0 Å². The Morgan fingerprint density at radius 1 is 1.45 bits per heavy atom. The monoisotopic (exact) mass is 275 g/mol. The summed E-state index contributed by atoms with van der Waals surface area (Å²) in [4.78, 5) is 14.3. The molecule has 1 aliphatic heterocycles. The summed E-state index contributed by atoms with van der Waals surface area (Å²) in [5, 5.41) is 6.39. The Kier molecular flexibility index (Phi) is 5.15. The number of aryl methyl sites for hydroxylation is 2. The molecule has 0 spiro atoms. The SMILES string of the molecule is Cc1ccc(NC(=O)CN(C)C2CCCNC2)c(C)c1. The first-order chi connectivity index (χ1) is 9.56. The standard InChI is InChI=1S/C16H25N3O/c1-12-6-7-15(13(2)9-12)18-16(20)11-19(3)14-5-4-8-17-10-14/h6-7,9,14,17H,4-5,8,10-11H2,1-3H3,(H,18,20). The molecule has 110 valence electrons. The Labute approximate surface area is 121 Å². The van der Waals surface area contributed by atoms with Gasteiger partial charge in [-0.05, 0) is 51.9 Å². The van der Waals surface area contributed by atoms with E-state index >= 15 is 0 Å². The number of likely N-dealkylation sites (N-methyl/N-ethyl adjacent to an activating group) is 1. The van der Waals surface area contributed by atoms with Gasteiger partial charge in [-0.25, -0.2) is 0 Å². The van der Waals surface area contributed by atoms with E-state index in [4.69, 9.17) is 0 Å². The van der Waals surface area contributed by atoms with Gasteiger partial charge >= 0.3 is 0 Å². The second kappa shape index (κ2) is 6.86. The Hall–Kier alpha value is -1.39. The fraction of sp³-hybridized carbons (Fsp3) is 0.562. The van der Waals surface area contributed by atoms with E-state index in [0.717, 1.165) is 24.3 Å². The molecule has 1 aromatic carbocycles. The van der Waals surface area contributed by atoms with Crippen molar-refractivity contribution in [1.29, 1.82) is 0 Å². The molecule has 1 aliphatic rings. The largest absolute Gasteiger partial charge is 0.325 e. The third-order valence-electron chi connectivity index (χ3n) is 3.94. The number of hydrogen-bond acceptors (Lipinski definition) is 3. The minimum absolute atomic E-state index is 0.0602. The van der Waals surface area contributed by atoms with Gasteiger partial charge in [0.25, 0.3) is 0 Å². The lowest BCUT2D eigenvalue weighted by molar-refractivity contribution is -0.117. The van der Waals surface area contributed by atoms with Gasteiger partial charge in [0.1, 0.15) is 0 Å². The zero-order valence-corrected chi connectivity index (χ0v) is 12.7. The lowest BCUT2D eigenvalue weighted by Gasteiger charge is -2.31. The highest BCUT2D eigenvalue weighted by Gasteiger charge is 2.19. The topological polar surface area (TPSA) is 44.4 Å². The number of nitrogens with zero attached hydrogens (tertiary/aromatic N) is 1. The van der Waals surface area contributed by atoms with Gasteiger partial charge in [0.05, 0.1) is 6.54 Å². The molecule has 2 rings (SSSR count). The van der Waals surface area contributed by atoms with Crippen molar-refractivity contribution in [1.82, 2.24) is 10.2 Å². The van der Waals surface area contributed by atoms with Crippen molar-refractivity contribution in [2.75, 3.05) is 32.0 Å². The maximum atomic E-state index is 12.1. The van der Waals surface area contributed by atoms with Gasteiger partial charge in [0.15, 0.2) is 0 Å². The molecule has 0 saturated carbocycles. The van der Waals surface area contributed by atoms with Crippen molar-refractivity contribution in [3.8, 4) is 0 Å². The molecule has 1 amide bonds. The molecule has 0 aromatic heterocycles. The summed E-state index contributed by atoms with van der Waals surface area (Å²) < 4.78 is 0. The van der Waals surface area contributed by atoms with Gasteiger partial charge in [0.2, 0.25) is 5.91 Å². The van der Waals surface area contributed by atoms with Gasteiger partial charge < -0.3 is 10.6 Å². The Bertz CT molecular complexity index is 467. The Morgan fingerprint density at radius 3 is 2.90 bits per heavy atom. The van der Waals surface area contributed by atoms with Gasteiger partial charge in [0, 0.05) is 18.3 Å². The third-order valence-corrected chi connectivity index (χ3v) is 3.94. The molecule has 1 atom stereocenters.